The van der Waals surface area contributed by atoms with E-state index in [4.69, 9.17) is 0 Å². The molecule has 0 aromatic rings. The van der Waals surface area contributed by atoms with Gasteiger partial charge in [0, 0.05) is 6.42 Å². The summed E-state index contributed by atoms with van der Waals surface area (Å²) < 4.78 is 31.7. The molecule has 0 rings (SSSR count). The SMILES string of the molecule is CCCCCCCCCCCCCC(C(=O)CCCCCCCCCCC)C(C=O)[N+](C)(C(C)C)C(C)C.COS(=O)(=O)[O-]. The molecule has 0 N–H and O–H groups in total. The quantitative estimate of drug-likeness (QED) is 0.0263. The third-order valence-corrected chi connectivity index (χ3v) is 10.1. The van der Waals surface area contributed by atoms with Gasteiger partial charge in [-0.15, -0.1) is 0 Å². The molecule has 0 amide bonds. The summed E-state index contributed by atoms with van der Waals surface area (Å²) in [5.74, 6) is 0.220. The van der Waals surface area contributed by atoms with Crippen LogP contribution in [0.4, 0.5) is 0 Å². The summed E-state index contributed by atoms with van der Waals surface area (Å²) in [5.41, 5.74) is 0. The number of ketones is 1. The van der Waals surface area contributed by atoms with Gasteiger partial charge in [-0.3, -0.25) is 13.8 Å². The molecule has 0 aliphatic carbocycles. The van der Waals surface area contributed by atoms with Crippen LogP contribution in [0.15, 0.2) is 0 Å². The minimum absolute atomic E-state index is 0.130. The molecule has 2 unspecified atom stereocenters. The number of aldehydes is 1. The summed E-state index contributed by atoms with van der Waals surface area (Å²) in [5, 5.41) is 0. The molecular formula is C36H73NO6S. The largest absolute Gasteiger partial charge is 0.726 e. The van der Waals surface area contributed by atoms with E-state index in [1.807, 2.05) is 0 Å². The Bertz CT molecular complexity index is 775. The lowest BCUT2D eigenvalue weighted by atomic mass is 9.84. The Kier molecular flexibility index (Phi) is 29.2. The number of carbonyl (C=O) groups is 2. The van der Waals surface area contributed by atoms with E-state index in [1.54, 1.807) is 0 Å². The van der Waals surface area contributed by atoms with Crippen LogP contribution < -0.4 is 0 Å². The standard InChI is InChI=1S/C35H70NO2.CH4O4S/c1-8-10-12-14-16-18-19-21-22-24-26-28-33(34(30-37)36(7,31(3)4)32(5)6)35(38)29-27-25-23-20-17-15-13-11-9-2;1-5-6(2,3)4/h30-34H,8-29H2,1-7H3;1H3,(H,2,3,4)/q+1;/p-1. The number of quaternary nitrogens is 1. The first-order valence-corrected chi connectivity index (χ1v) is 19.5. The predicted molar refractivity (Wildman–Crippen MR) is 184 cm³/mol. The summed E-state index contributed by atoms with van der Waals surface area (Å²) in [4.78, 5) is 26.2. The van der Waals surface area contributed by atoms with Crippen molar-refractivity contribution >= 4 is 22.5 Å². The Hall–Kier alpha value is -0.830. The van der Waals surface area contributed by atoms with E-state index in [1.165, 1.54) is 109 Å². The monoisotopic (exact) mass is 648 g/mol. The van der Waals surface area contributed by atoms with Crippen LogP contribution in [0, 0.1) is 5.92 Å². The smallest absolute Gasteiger partial charge is 0.217 e. The van der Waals surface area contributed by atoms with Gasteiger partial charge >= 0.3 is 0 Å². The van der Waals surface area contributed by atoms with Crippen LogP contribution in [0.5, 0.6) is 0 Å². The second-order valence-electron chi connectivity index (χ2n) is 13.6. The van der Waals surface area contributed by atoms with Crippen molar-refractivity contribution in [2.45, 2.75) is 201 Å². The van der Waals surface area contributed by atoms with Crippen LogP contribution in [0.1, 0.15) is 183 Å². The van der Waals surface area contributed by atoms with Gasteiger partial charge in [0.05, 0.1) is 32.2 Å². The fourth-order valence-electron chi connectivity index (χ4n) is 6.24. The molecule has 2 atom stereocenters. The number of hydrogen-bond donors (Lipinski definition) is 0. The number of hydrogen-bond acceptors (Lipinski definition) is 6. The van der Waals surface area contributed by atoms with Gasteiger partial charge in [0.1, 0.15) is 5.78 Å². The maximum Gasteiger partial charge on any atom is 0.217 e. The van der Waals surface area contributed by atoms with Crippen molar-refractivity contribution in [2.75, 3.05) is 14.2 Å². The molecule has 44 heavy (non-hydrogen) atoms. The third kappa shape index (κ3) is 22.6. The molecule has 264 valence electrons. The number of rotatable bonds is 29. The van der Waals surface area contributed by atoms with E-state index in [2.05, 4.69) is 52.8 Å². The number of carbonyl (C=O) groups excluding carboxylic acids is 2. The Balaban J connectivity index is 0. The Morgan fingerprint density at radius 3 is 1.30 bits per heavy atom. The predicted octanol–water partition coefficient (Wildman–Crippen LogP) is 9.72. The Morgan fingerprint density at radius 2 is 1.00 bits per heavy atom. The highest BCUT2D eigenvalue weighted by atomic mass is 32.3. The third-order valence-electron chi connectivity index (χ3n) is 9.68. The first-order chi connectivity index (χ1) is 20.8. The van der Waals surface area contributed by atoms with Gasteiger partial charge < -0.3 is 9.04 Å². The van der Waals surface area contributed by atoms with Gasteiger partial charge in [0.2, 0.25) is 10.4 Å². The summed E-state index contributed by atoms with van der Waals surface area (Å²) in [7, 11) is -1.40. The molecule has 0 bridgehead atoms. The first kappa shape index (κ1) is 45.3. The number of unbranched alkanes of at least 4 members (excludes halogenated alkanes) is 18. The van der Waals surface area contributed by atoms with Crippen LogP contribution in [0.3, 0.4) is 0 Å². The second-order valence-corrected chi connectivity index (χ2v) is 14.7. The summed E-state index contributed by atoms with van der Waals surface area (Å²) >= 11 is 0. The van der Waals surface area contributed by atoms with Crippen LogP contribution in [0.25, 0.3) is 0 Å². The second kappa shape index (κ2) is 28.4. The number of Topliss-reactive ketones (excluding diaryl/α,β-unsaturated/α-hetero) is 1. The lowest BCUT2D eigenvalue weighted by molar-refractivity contribution is -0.964. The van der Waals surface area contributed by atoms with Crippen molar-refractivity contribution in [3.63, 3.8) is 0 Å². The zero-order valence-corrected chi connectivity index (χ0v) is 31.1. The first-order valence-electron chi connectivity index (χ1n) is 18.2. The molecule has 0 saturated heterocycles. The number of likely N-dealkylation sites (N-methyl/N-ethyl adjacent to an activating group) is 1. The molecule has 8 heteroatoms. The van der Waals surface area contributed by atoms with Gasteiger partial charge in [0.15, 0.2) is 12.3 Å². The van der Waals surface area contributed by atoms with Gasteiger partial charge in [0.25, 0.3) is 0 Å². The van der Waals surface area contributed by atoms with Crippen molar-refractivity contribution < 1.29 is 31.2 Å². The molecular weight excluding hydrogens is 574 g/mol. The zero-order chi connectivity index (χ0) is 33.9. The molecule has 0 aromatic heterocycles. The van der Waals surface area contributed by atoms with Crippen LogP contribution in [0.2, 0.25) is 0 Å². The van der Waals surface area contributed by atoms with E-state index in [-0.39, 0.29) is 12.0 Å². The van der Waals surface area contributed by atoms with Gasteiger partial charge in [-0.25, -0.2) is 8.42 Å². The van der Waals surface area contributed by atoms with E-state index < -0.39 is 10.4 Å². The average Bonchev–Trinajstić information content (AvgIpc) is 2.97. The highest BCUT2D eigenvalue weighted by molar-refractivity contribution is 7.80. The van der Waals surface area contributed by atoms with Crippen molar-refractivity contribution in [3.05, 3.63) is 0 Å². The fraction of sp³-hybridized carbons (Fsp3) is 0.944. The molecule has 0 aromatic carbocycles. The van der Waals surface area contributed by atoms with Crippen LogP contribution in [-0.2, 0) is 24.2 Å². The van der Waals surface area contributed by atoms with E-state index in [0.29, 0.717) is 28.8 Å². The Labute approximate surface area is 274 Å². The minimum atomic E-state index is -4.41. The molecule has 0 heterocycles. The maximum atomic E-state index is 13.6. The topological polar surface area (TPSA) is 101 Å². The molecule has 0 aliphatic heterocycles. The fourth-order valence-corrected chi connectivity index (χ4v) is 6.24. The van der Waals surface area contributed by atoms with Crippen molar-refractivity contribution in [1.29, 1.82) is 0 Å². The lowest BCUT2D eigenvalue weighted by Gasteiger charge is -2.48. The van der Waals surface area contributed by atoms with Crippen molar-refractivity contribution in [1.82, 2.24) is 0 Å². The van der Waals surface area contributed by atoms with Crippen LogP contribution in [-0.4, -0.2) is 61.8 Å². The van der Waals surface area contributed by atoms with Crippen molar-refractivity contribution in [3.8, 4) is 0 Å². The Morgan fingerprint density at radius 1 is 0.682 bits per heavy atom. The van der Waals surface area contributed by atoms with E-state index in [9.17, 15) is 22.6 Å². The number of nitrogens with zero attached hydrogens (tertiary/aromatic N) is 1. The highest BCUT2D eigenvalue weighted by Crippen LogP contribution is 2.30. The maximum absolute atomic E-state index is 13.6. The average molecular weight is 648 g/mol. The minimum Gasteiger partial charge on any atom is -0.726 e. The molecule has 0 aliphatic rings. The van der Waals surface area contributed by atoms with Crippen LogP contribution >= 0.6 is 0 Å². The van der Waals surface area contributed by atoms with E-state index in [0.717, 1.165) is 39.1 Å². The van der Waals surface area contributed by atoms with Gasteiger partial charge in [-0.2, -0.15) is 0 Å². The highest BCUT2D eigenvalue weighted by Gasteiger charge is 2.45. The molecule has 0 spiro atoms. The molecule has 0 radical (unpaired) electrons. The lowest BCUT2D eigenvalue weighted by Crippen LogP contribution is -2.64. The van der Waals surface area contributed by atoms with E-state index >= 15 is 0 Å². The molecule has 7 nitrogen and oxygen atoms in total. The zero-order valence-electron chi connectivity index (χ0n) is 30.2. The summed E-state index contributed by atoms with van der Waals surface area (Å²) in [6.07, 6.45) is 28.5. The summed E-state index contributed by atoms with van der Waals surface area (Å²) in [6, 6.07) is 0.389. The molecule has 0 fully saturated rings. The normalized spacial score (nSPS) is 13.5. The van der Waals surface area contributed by atoms with Gasteiger partial charge in [-0.05, 0) is 40.5 Å². The van der Waals surface area contributed by atoms with Gasteiger partial charge in [-0.1, -0.05) is 136 Å². The molecule has 0 saturated carbocycles. The van der Waals surface area contributed by atoms with Crippen molar-refractivity contribution in [2.24, 2.45) is 5.92 Å². The summed E-state index contributed by atoms with van der Waals surface area (Å²) in [6.45, 7) is 13.4.